The fourth-order valence-electron chi connectivity index (χ4n) is 2.33. The molecular weight excluding hydrogens is 150 g/mol. The van der Waals surface area contributed by atoms with Gasteiger partial charge in [-0.25, -0.2) is 0 Å². The van der Waals surface area contributed by atoms with Gasteiger partial charge in [0.1, 0.15) is 5.84 Å². The normalized spacial score (nSPS) is 45.5. The third kappa shape index (κ3) is 0.792. The third-order valence-corrected chi connectivity index (χ3v) is 3.25. The molecule has 2 aliphatic heterocycles. The molecule has 0 aromatic carbocycles. The number of nitrogens with zero attached hydrogens (tertiary/aromatic N) is 1. The van der Waals surface area contributed by atoms with Gasteiger partial charge in [-0.05, 0) is 17.8 Å². The molecule has 0 radical (unpaired) electrons. The van der Waals surface area contributed by atoms with Gasteiger partial charge >= 0.3 is 0 Å². The van der Waals surface area contributed by atoms with Crippen LogP contribution in [0.3, 0.4) is 0 Å². The first-order valence-corrected chi connectivity index (χ1v) is 4.42. The molecule has 3 nitrogen and oxygen atoms in total. The van der Waals surface area contributed by atoms with E-state index in [9.17, 15) is 0 Å². The van der Waals surface area contributed by atoms with Crippen molar-refractivity contribution in [1.82, 2.24) is 0 Å². The van der Waals surface area contributed by atoms with Crippen LogP contribution in [-0.2, 0) is 0 Å². The molecule has 2 heterocycles. The van der Waals surface area contributed by atoms with E-state index in [0.29, 0.717) is 35.3 Å². The van der Waals surface area contributed by atoms with Gasteiger partial charge in [0.2, 0.25) is 0 Å². The number of hydrogen-bond donors (Lipinski definition) is 2. The molecule has 12 heavy (non-hydrogen) atoms. The standard InChI is InChI=1S/C9H15N3/c1-4-6-3-7(10)9(11)12-8(4)5(6)2/h3-6,8H,10H2,1-2H3,(H2,11,12). The summed E-state index contributed by atoms with van der Waals surface area (Å²) in [5.41, 5.74) is 12.1. The number of aliphatic imine (C=N–C) groups is 1. The van der Waals surface area contributed by atoms with Crippen LogP contribution in [0.15, 0.2) is 16.8 Å². The van der Waals surface area contributed by atoms with Crippen LogP contribution in [0.25, 0.3) is 0 Å². The van der Waals surface area contributed by atoms with Crippen molar-refractivity contribution in [2.24, 2.45) is 34.2 Å². The largest absolute Gasteiger partial charge is 0.396 e. The fraction of sp³-hybridized carbons (Fsp3) is 0.667. The second-order valence-electron chi connectivity index (χ2n) is 3.92. The highest BCUT2D eigenvalue weighted by Gasteiger charge is 2.45. The van der Waals surface area contributed by atoms with Gasteiger partial charge in [0, 0.05) is 0 Å². The SMILES string of the molecule is CC1C2C=C(N)C(N)=NC1C2C. The lowest BCUT2D eigenvalue weighted by atomic mass is 9.63. The Kier molecular flexibility index (Phi) is 1.43. The van der Waals surface area contributed by atoms with E-state index in [1.54, 1.807) is 0 Å². The van der Waals surface area contributed by atoms with Crippen LogP contribution in [-0.4, -0.2) is 11.9 Å². The van der Waals surface area contributed by atoms with Gasteiger partial charge in [0.25, 0.3) is 0 Å². The Hall–Kier alpha value is -0.990. The summed E-state index contributed by atoms with van der Waals surface area (Å²) in [4.78, 5) is 4.39. The molecule has 1 fully saturated rings. The van der Waals surface area contributed by atoms with E-state index in [2.05, 4.69) is 24.9 Å². The smallest absolute Gasteiger partial charge is 0.141 e. The number of amidine groups is 1. The second kappa shape index (κ2) is 2.25. The molecule has 3 heteroatoms. The molecule has 0 saturated heterocycles. The first-order valence-electron chi connectivity index (χ1n) is 4.42. The average molecular weight is 165 g/mol. The van der Waals surface area contributed by atoms with Crippen LogP contribution < -0.4 is 11.5 Å². The molecule has 4 N–H and O–H groups in total. The van der Waals surface area contributed by atoms with Crippen LogP contribution in [0, 0.1) is 17.8 Å². The van der Waals surface area contributed by atoms with Crippen LogP contribution >= 0.6 is 0 Å². The second-order valence-corrected chi connectivity index (χ2v) is 3.92. The number of nitrogens with two attached hydrogens (primary N) is 2. The van der Waals surface area contributed by atoms with Gasteiger partial charge in [-0.3, -0.25) is 4.99 Å². The highest BCUT2D eigenvalue weighted by molar-refractivity contribution is 5.96. The minimum atomic E-state index is 0.396. The van der Waals surface area contributed by atoms with E-state index in [1.165, 1.54) is 0 Å². The number of rotatable bonds is 0. The van der Waals surface area contributed by atoms with Crippen molar-refractivity contribution >= 4 is 5.84 Å². The molecular formula is C9H15N3. The van der Waals surface area contributed by atoms with E-state index in [4.69, 9.17) is 11.5 Å². The summed E-state index contributed by atoms with van der Waals surface area (Å²) in [6, 6.07) is 0.396. The highest BCUT2D eigenvalue weighted by Crippen LogP contribution is 2.44. The predicted octanol–water partition coefficient (Wildman–Crippen LogP) is 0.470. The summed E-state index contributed by atoms with van der Waals surface area (Å²) in [7, 11) is 0. The highest BCUT2D eigenvalue weighted by atomic mass is 15.0. The van der Waals surface area contributed by atoms with Gasteiger partial charge in [-0.15, -0.1) is 0 Å². The maximum atomic E-state index is 5.73. The molecule has 0 amide bonds. The Balaban J connectivity index is 2.37. The quantitative estimate of drug-likeness (QED) is 0.548. The first-order chi connectivity index (χ1) is 5.61. The zero-order valence-electron chi connectivity index (χ0n) is 7.49. The summed E-state index contributed by atoms with van der Waals surface area (Å²) in [5.74, 6) is 2.33. The number of hydrogen-bond acceptors (Lipinski definition) is 3. The Bertz CT molecular complexity index is 231. The summed E-state index contributed by atoms with van der Waals surface area (Å²) in [6.45, 7) is 4.42. The lowest BCUT2D eigenvalue weighted by Crippen LogP contribution is -2.45. The monoisotopic (exact) mass is 165 g/mol. The maximum Gasteiger partial charge on any atom is 0.141 e. The molecule has 1 saturated carbocycles. The van der Waals surface area contributed by atoms with Crippen LogP contribution in [0.4, 0.5) is 0 Å². The lowest BCUT2D eigenvalue weighted by Gasteiger charge is -2.44. The van der Waals surface area contributed by atoms with Crippen LogP contribution in [0.2, 0.25) is 0 Å². The zero-order valence-corrected chi connectivity index (χ0v) is 7.49. The van der Waals surface area contributed by atoms with Gasteiger partial charge in [-0.1, -0.05) is 19.9 Å². The summed E-state index contributed by atoms with van der Waals surface area (Å²) in [5, 5.41) is 0. The summed E-state index contributed by atoms with van der Waals surface area (Å²) < 4.78 is 0. The van der Waals surface area contributed by atoms with Crippen molar-refractivity contribution in [2.45, 2.75) is 19.9 Å². The molecule has 1 aliphatic carbocycles. The van der Waals surface area contributed by atoms with Crippen molar-refractivity contribution in [3.05, 3.63) is 11.8 Å². The van der Waals surface area contributed by atoms with E-state index in [0.717, 1.165) is 0 Å². The van der Waals surface area contributed by atoms with Crippen molar-refractivity contribution in [2.75, 3.05) is 0 Å². The van der Waals surface area contributed by atoms with Gasteiger partial charge in [-0.2, -0.15) is 0 Å². The number of fused-ring (bicyclic) bond motifs is 1. The van der Waals surface area contributed by atoms with Crippen LogP contribution in [0.5, 0.6) is 0 Å². The Morgan fingerprint density at radius 2 is 1.83 bits per heavy atom. The molecule has 2 bridgehead atoms. The van der Waals surface area contributed by atoms with E-state index in [-0.39, 0.29) is 0 Å². The van der Waals surface area contributed by atoms with Gasteiger partial charge in [0.15, 0.2) is 0 Å². The fourth-order valence-corrected chi connectivity index (χ4v) is 2.33. The third-order valence-electron chi connectivity index (χ3n) is 3.25. The maximum absolute atomic E-state index is 5.73. The molecule has 66 valence electrons. The molecule has 2 unspecified atom stereocenters. The van der Waals surface area contributed by atoms with Crippen molar-refractivity contribution < 1.29 is 0 Å². The molecule has 3 aliphatic rings. The molecule has 0 aromatic heterocycles. The Labute approximate surface area is 72.5 Å². The lowest BCUT2D eigenvalue weighted by molar-refractivity contribution is 0.108. The minimum absolute atomic E-state index is 0.396. The minimum Gasteiger partial charge on any atom is -0.396 e. The summed E-state index contributed by atoms with van der Waals surface area (Å²) in [6.07, 6.45) is 2.07. The van der Waals surface area contributed by atoms with Gasteiger partial charge in [0.05, 0.1) is 11.7 Å². The number of allylic oxidation sites excluding steroid dienone is 1. The van der Waals surface area contributed by atoms with E-state index in [1.807, 2.05) is 0 Å². The summed E-state index contributed by atoms with van der Waals surface area (Å²) >= 11 is 0. The van der Waals surface area contributed by atoms with Crippen LogP contribution in [0.1, 0.15) is 13.8 Å². The van der Waals surface area contributed by atoms with Crippen molar-refractivity contribution in [3.8, 4) is 0 Å². The topological polar surface area (TPSA) is 64.4 Å². The molecule has 0 aromatic rings. The van der Waals surface area contributed by atoms with Gasteiger partial charge < -0.3 is 11.5 Å². The van der Waals surface area contributed by atoms with Crippen molar-refractivity contribution in [3.63, 3.8) is 0 Å². The average Bonchev–Trinajstić information content (AvgIpc) is 2.23. The Morgan fingerprint density at radius 1 is 1.25 bits per heavy atom. The molecule has 2 atom stereocenters. The Morgan fingerprint density at radius 3 is 2.42 bits per heavy atom. The first kappa shape index (κ1) is 7.65. The van der Waals surface area contributed by atoms with Crippen molar-refractivity contribution in [1.29, 1.82) is 0 Å². The molecule has 0 spiro atoms. The predicted molar refractivity (Wildman–Crippen MR) is 49.5 cm³/mol. The zero-order chi connectivity index (χ0) is 8.88. The molecule has 3 rings (SSSR count). The van der Waals surface area contributed by atoms with E-state index >= 15 is 0 Å². The van der Waals surface area contributed by atoms with E-state index < -0.39 is 0 Å².